The normalized spacial score (nSPS) is 34.1. The Morgan fingerprint density at radius 3 is 2.64 bits per heavy atom. The maximum atomic E-state index is 10.6. The fraction of sp³-hybridized carbons (Fsp3) is 0.462. The van der Waals surface area contributed by atoms with Crippen LogP contribution < -0.4 is 0 Å². The molecular weight excluding hydrogens is 344 g/mol. The molecule has 3 aliphatic carbocycles. The van der Waals surface area contributed by atoms with E-state index < -0.39 is 0 Å². The molecule has 0 aromatic heterocycles. The van der Waals surface area contributed by atoms with Gasteiger partial charge in [-0.2, -0.15) is 0 Å². The molecule has 0 heterocycles. The highest BCUT2D eigenvalue weighted by atomic mass is 16.3. The van der Waals surface area contributed by atoms with Crippen LogP contribution in [0.15, 0.2) is 42.5 Å². The molecule has 2 N–H and O–H groups in total. The number of rotatable bonds is 2. The summed E-state index contributed by atoms with van der Waals surface area (Å²) in [5, 5.41) is 20.9. The van der Waals surface area contributed by atoms with Crippen molar-refractivity contribution in [3.8, 4) is 5.75 Å². The van der Waals surface area contributed by atoms with E-state index in [2.05, 4.69) is 43.3 Å². The number of aliphatic hydroxyl groups excluding tert-OH is 1. The van der Waals surface area contributed by atoms with Gasteiger partial charge in [0.25, 0.3) is 0 Å². The molecule has 2 aromatic carbocycles. The number of hydrogen-bond donors (Lipinski definition) is 2. The number of hydrogen-bond acceptors (Lipinski definition) is 2. The van der Waals surface area contributed by atoms with Crippen molar-refractivity contribution in [2.24, 2.45) is 17.3 Å². The van der Waals surface area contributed by atoms with E-state index in [1.807, 2.05) is 18.2 Å². The third-order valence-corrected chi connectivity index (χ3v) is 8.04. The molecule has 3 aliphatic rings. The molecule has 2 fully saturated rings. The minimum absolute atomic E-state index is 0.107. The Hall–Kier alpha value is -2.06. The lowest BCUT2D eigenvalue weighted by molar-refractivity contribution is -0.0226. The minimum atomic E-state index is -0.128. The van der Waals surface area contributed by atoms with Gasteiger partial charge in [-0.1, -0.05) is 49.4 Å². The quantitative estimate of drug-likeness (QED) is 0.654. The minimum Gasteiger partial charge on any atom is -0.508 e. The van der Waals surface area contributed by atoms with Crippen LogP contribution in [0.2, 0.25) is 0 Å². The SMILES string of the molecule is C[C@]12CC[C@@H]3c4c(/C=C/c5ccccc5)cc(O)cc4CC[C@H]3[C@@H]1CC[C@@H]2O. The van der Waals surface area contributed by atoms with Crippen molar-refractivity contribution < 1.29 is 10.2 Å². The highest BCUT2D eigenvalue weighted by molar-refractivity contribution is 5.73. The highest BCUT2D eigenvalue weighted by Crippen LogP contribution is 2.61. The van der Waals surface area contributed by atoms with Gasteiger partial charge in [0.1, 0.15) is 5.75 Å². The summed E-state index contributed by atoms with van der Waals surface area (Å²) in [5.41, 5.74) is 5.26. The van der Waals surface area contributed by atoms with Crippen molar-refractivity contribution in [3.63, 3.8) is 0 Å². The molecule has 5 rings (SSSR count). The molecule has 0 unspecified atom stereocenters. The maximum Gasteiger partial charge on any atom is 0.116 e. The van der Waals surface area contributed by atoms with Crippen LogP contribution in [0.3, 0.4) is 0 Å². The molecule has 5 atom stereocenters. The first-order valence-corrected chi connectivity index (χ1v) is 10.8. The van der Waals surface area contributed by atoms with E-state index in [0.29, 0.717) is 23.5 Å². The molecule has 0 bridgehead atoms. The topological polar surface area (TPSA) is 40.5 Å². The number of aryl methyl sites for hydroxylation is 1. The van der Waals surface area contributed by atoms with Crippen LogP contribution in [0.25, 0.3) is 12.2 Å². The standard InChI is InChI=1S/C26H30O2/c1-26-14-13-22-21(23(26)11-12-24(26)28)10-9-19-16-20(27)15-18(25(19)22)8-7-17-5-3-2-4-6-17/h2-8,15-16,21-24,27-28H,9-14H2,1H3/b8-7+/t21-,22+,23+,24+,26+/m1/s1. The molecule has 146 valence electrons. The Morgan fingerprint density at radius 1 is 1.00 bits per heavy atom. The van der Waals surface area contributed by atoms with Gasteiger partial charge >= 0.3 is 0 Å². The molecule has 2 saturated carbocycles. The maximum absolute atomic E-state index is 10.6. The summed E-state index contributed by atoms with van der Waals surface area (Å²) >= 11 is 0. The zero-order valence-corrected chi connectivity index (χ0v) is 16.6. The molecular formula is C26H30O2. The summed E-state index contributed by atoms with van der Waals surface area (Å²) in [7, 11) is 0. The Bertz CT molecular complexity index is 900. The molecule has 0 radical (unpaired) electrons. The van der Waals surface area contributed by atoms with Crippen LogP contribution in [-0.4, -0.2) is 16.3 Å². The Kier molecular flexibility index (Phi) is 4.35. The van der Waals surface area contributed by atoms with Crippen LogP contribution in [0, 0.1) is 17.3 Å². The second-order valence-electron chi connectivity index (χ2n) is 9.40. The van der Waals surface area contributed by atoms with Crippen molar-refractivity contribution in [3.05, 3.63) is 64.7 Å². The summed E-state index contributed by atoms with van der Waals surface area (Å²) < 4.78 is 0. The van der Waals surface area contributed by atoms with Gasteiger partial charge in [0, 0.05) is 0 Å². The van der Waals surface area contributed by atoms with Gasteiger partial charge in [-0.3, -0.25) is 0 Å². The highest BCUT2D eigenvalue weighted by Gasteiger charge is 2.54. The second-order valence-corrected chi connectivity index (χ2v) is 9.40. The van der Waals surface area contributed by atoms with Gasteiger partial charge in [-0.15, -0.1) is 0 Å². The first kappa shape index (κ1) is 18.0. The van der Waals surface area contributed by atoms with Crippen molar-refractivity contribution in [1.82, 2.24) is 0 Å². The van der Waals surface area contributed by atoms with Crippen LogP contribution in [0.1, 0.15) is 67.2 Å². The van der Waals surface area contributed by atoms with E-state index in [1.54, 1.807) is 0 Å². The molecule has 0 aliphatic heterocycles. The Balaban J connectivity index is 1.54. The van der Waals surface area contributed by atoms with Gasteiger partial charge in [0.05, 0.1) is 6.10 Å². The van der Waals surface area contributed by atoms with E-state index in [0.717, 1.165) is 25.7 Å². The zero-order chi connectivity index (χ0) is 19.3. The van der Waals surface area contributed by atoms with E-state index in [-0.39, 0.29) is 11.5 Å². The zero-order valence-electron chi connectivity index (χ0n) is 16.6. The fourth-order valence-corrected chi connectivity index (χ4v) is 6.61. The van der Waals surface area contributed by atoms with Crippen LogP contribution >= 0.6 is 0 Å². The lowest BCUT2D eigenvalue weighted by Crippen LogP contribution is -2.44. The largest absolute Gasteiger partial charge is 0.508 e. The van der Waals surface area contributed by atoms with Crippen LogP contribution in [0.5, 0.6) is 5.75 Å². The van der Waals surface area contributed by atoms with Gasteiger partial charge in [0.2, 0.25) is 0 Å². The lowest BCUT2D eigenvalue weighted by atomic mass is 9.55. The van der Waals surface area contributed by atoms with E-state index >= 15 is 0 Å². The molecule has 28 heavy (non-hydrogen) atoms. The first-order valence-electron chi connectivity index (χ1n) is 10.8. The number of phenols is 1. The predicted molar refractivity (Wildman–Crippen MR) is 114 cm³/mol. The van der Waals surface area contributed by atoms with Crippen molar-refractivity contribution >= 4 is 12.2 Å². The molecule has 0 saturated heterocycles. The molecule has 2 heteroatoms. The third kappa shape index (κ3) is 2.81. The Morgan fingerprint density at radius 2 is 1.82 bits per heavy atom. The van der Waals surface area contributed by atoms with Crippen molar-refractivity contribution in [2.75, 3.05) is 0 Å². The summed E-state index contributed by atoms with van der Waals surface area (Å²) in [5.74, 6) is 2.23. The monoisotopic (exact) mass is 374 g/mol. The predicted octanol–water partition coefficient (Wildman–Crippen LogP) is 5.78. The molecule has 0 amide bonds. The van der Waals surface area contributed by atoms with E-state index in [9.17, 15) is 10.2 Å². The average molecular weight is 375 g/mol. The number of phenolic OH excluding ortho intramolecular Hbond substituents is 1. The first-order chi connectivity index (χ1) is 13.6. The van der Waals surface area contributed by atoms with Crippen LogP contribution in [-0.2, 0) is 6.42 Å². The van der Waals surface area contributed by atoms with Gasteiger partial charge in [-0.25, -0.2) is 0 Å². The Labute approximate surface area is 167 Å². The lowest BCUT2D eigenvalue weighted by Gasteiger charge is -2.50. The van der Waals surface area contributed by atoms with E-state index in [4.69, 9.17) is 0 Å². The number of fused-ring (bicyclic) bond motifs is 5. The van der Waals surface area contributed by atoms with Gasteiger partial charge in [0.15, 0.2) is 0 Å². The summed E-state index contributed by atoms with van der Waals surface area (Å²) in [4.78, 5) is 0. The third-order valence-electron chi connectivity index (χ3n) is 8.04. The summed E-state index contributed by atoms with van der Waals surface area (Å²) in [6, 6.07) is 14.3. The second kappa shape index (κ2) is 6.77. The molecule has 0 spiro atoms. The summed E-state index contributed by atoms with van der Waals surface area (Å²) in [6.07, 6.45) is 10.8. The molecule has 2 nitrogen and oxygen atoms in total. The smallest absolute Gasteiger partial charge is 0.116 e. The fourth-order valence-electron chi connectivity index (χ4n) is 6.61. The summed E-state index contributed by atoms with van der Waals surface area (Å²) in [6.45, 7) is 2.33. The van der Waals surface area contributed by atoms with Crippen LogP contribution in [0.4, 0.5) is 0 Å². The van der Waals surface area contributed by atoms with Gasteiger partial charge < -0.3 is 10.2 Å². The average Bonchev–Trinajstić information content (AvgIpc) is 3.01. The van der Waals surface area contributed by atoms with Gasteiger partial charge in [-0.05, 0) is 96.1 Å². The van der Waals surface area contributed by atoms with E-state index in [1.165, 1.54) is 35.1 Å². The number of aromatic hydroxyl groups is 1. The number of aliphatic hydroxyl groups is 1. The molecule has 2 aromatic rings. The van der Waals surface area contributed by atoms with Crippen molar-refractivity contribution in [2.45, 2.75) is 57.5 Å². The number of benzene rings is 2. The van der Waals surface area contributed by atoms with Crippen molar-refractivity contribution in [1.29, 1.82) is 0 Å².